The van der Waals surface area contributed by atoms with Gasteiger partial charge in [0.25, 0.3) is 5.91 Å². The number of anilines is 1. The molecule has 0 spiro atoms. The smallest absolute Gasteiger partial charge is 0.253 e. The molecule has 28 heavy (non-hydrogen) atoms. The standard InChI is InChI=1S/C21H22N4O2S/c1-15-7-9-16(10-8-15)13-23-20(27)17-5-3-4-6-18(17)24-19(26)14-28-21-22-11-12-25(21)2/h3-12H,13-14H2,1-2H3,(H,23,27)(H,24,26). The molecule has 0 fully saturated rings. The average molecular weight is 395 g/mol. The van der Waals surface area contributed by atoms with Gasteiger partial charge in [0, 0.05) is 26.0 Å². The predicted octanol–water partition coefficient (Wildman–Crippen LogP) is 3.39. The average Bonchev–Trinajstić information content (AvgIpc) is 3.11. The maximum absolute atomic E-state index is 12.6. The van der Waals surface area contributed by atoms with Crippen LogP contribution in [0.3, 0.4) is 0 Å². The summed E-state index contributed by atoms with van der Waals surface area (Å²) in [6.07, 6.45) is 3.52. The molecular formula is C21H22N4O2S. The molecule has 7 heteroatoms. The lowest BCUT2D eigenvalue weighted by molar-refractivity contribution is -0.113. The Morgan fingerprint density at radius 2 is 1.86 bits per heavy atom. The van der Waals surface area contributed by atoms with Crippen molar-refractivity contribution in [1.82, 2.24) is 14.9 Å². The molecule has 1 aromatic heterocycles. The van der Waals surface area contributed by atoms with Gasteiger partial charge in [0.2, 0.25) is 5.91 Å². The number of aromatic nitrogens is 2. The number of benzene rings is 2. The molecule has 6 nitrogen and oxygen atoms in total. The highest BCUT2D eigenvalue weighted by Gasteiger charge is 2.13. The maximum Gasteiger partial charge on any atom is 0.253 e. The summed E-state index contributed by atoms with van der Waals surface area (Å²) in [5, 5.41) is 6.49. The fourth-order valence-electron chi connectivity index (χ4n) is 2.58. The van der Waals surface area contributed by atoms with Gasteiger partial charge in [-0.1, -0.05) is 53.7 Å². The molecule has 3 aromatic rings. The van der Waals surface area contributed by atoms with E-state index in [1.54, 1.807) is 30.5 Å². The quantitative estimate of drug-likeness (QED) is 0.602. The number of carbonyl (C=O) groups is 2. The fourth-order valence-corrected chi connectivity index (χ4v) is 3.31. The molecular weight excluding hydrogens is 372 g/mol. The van der Waals surface area contributed by atoms with Crippen LogP contribution >= 0.6 is 11.8 Å². The Kier molecular flexibility index (Phi) is 6.49. The van der Waals surface area contributed by atoms with Crippen LogP contribution in [-0.4, -0.2) is 27.1 Å². The summed E-state index contributed by atoms with van der Waals surface area (Å²) in [6, 6.07) is 15.0. The molecule has 0 bridgehead atoms. The SMILES string of the molecule is Cc1ccc(CNC(=O)c2ccccc2NC(=O)CSc2nccn2C)cc1. The predicted molar refractivity (Wildman–Crippen MR) is 111 cm³/mol. The highest BCUT2D eigenvalue weighted by atomic mass is 32.2. The number of thioether (sulfide) groups is 1. The number of hydrogen-bond acceptors (Lipinski definition) is 4. The van der Waals surface area contributed by atoms with Crippen molar-refractivity contribution in [3.05, 3.63) is 77.6 Å². The van der Waals surface area contributed by atoms with Crippen molar-refractivity contribution in [1.29, 1.82) is 0 Å². The van der Waals surface area contributed by atoms with E-state index in [1.165, 1.54) is 17.3 Å². The fraction of sp³-hybridized carbons (Fsp3) is 0.190. The zero-order chi connectivity index (χ0) is 19.9. The van der Waals surface area contributed by atoms with Gasteiger partial charge in [-0.2, -0.15) is 0 Å². The molecule has 2 amide bonds. The summed E-state index contributed by atoms with van der Waals surface area (Å²) in [5.41, 5.74) is 3.12. The number of rotatable bonds is 7. The topological polar surface area (TPSA) is 76.0 Å². The molecule has 0 atom stereocenters. The normalized spacial score (nSPS) is 10.5. The van der Waals surface area contributed by atoms with Gasteiger partial charge in [0.1, 0.15) is 0 Å². The minimum atomic E-state index is -0.228. The lowest BCUT2D eigenvalue weighted by Crippen LogP contribution is -2.25. The number of imidazole rings is 1. The summed E-state index contributed by atoms with van der Waals surface area (Å²) in [6.45, 7) is 2.45. The first-order valence-corrected chi connectivity index (χ1v) is 9.84. The first-order valence-electron chi connectivity index (χ1n) is 8.85. The van der Waals surface area contributed by atoms with Crippen LogP contribution in [0.15, 0.2) is 66.1 Å². The van der Waals surface area contributed by atoms with Gasteiger partial charge in [0.15, 0.2) is 5.16 Å². The van der Waals surface area contributed by atoms with E-state index in [2.05, 4.69) is 15.6 Å². The van der Waals surface area contributed by atoms with Crippen LogP contribution in [0.4, 0.5) is 5.69 Å². The van der Waals surface area contributed by atoms with Crippen molar-refractivity contribution < 1.29 is 9.59 Å². The molecule has 144 valence electrons. The van der Waals surface area contributed by atoms with Gasteiger partial charge in [-0.3, -0.25) is 9.59 Å². The van der Waals surface area contributed by atoms with Crippen LogP contribution in [0.25, 0.3) is 0 Å². The maximum atomic E-state index is 12.6. The van der Waals surface area contributed by atoms with Crippen molar-refractivity contribution in [2.24, 2.45) is 7.05 Å². The Bertz CT molecular complexity index is 967. The molecule has 0 aliphatic rings. The highest BCUT2D eigenvalue weighted by Crippen LogP contribution is 2.18. The van der Waals surface area contributed by atoms with E-state index >= 15 is 0 Å². The molecule has 0 saturated heterocycles. The van der Waals surface area contributed by atoms with Crippen molar-refractivity contribution in [2.75, 3.05) is 11.1 Å². The first kappa shape index (κ1) is 19.7. The Balaban J connectivity index is 1.60. The van der Waals surface area contributed by atoms with E-state index < -0.39 is 0 Å². The van der Waals surface area contributed by atoms with Crippen molar-refractivity contribution in [2.45, 2.75) is 18.6 Å². The lowest BCUT2D eigenvalue weighted by atomic mass is 10.1. The largest absolute Gasteiger partial charge is 0.348 e. The minimum Gasteiger partial charge on any atom is -0.348 e. The zero-order valence-electron chi connectivity index (χ0n) is 15.8. The van der Waals surface area contributed by atoms with Crippen molar-refractivity contribution in [3.63, 3.8) is 0 Å². The Hall–Kier alpha value is -3.06. The number of hydrogen-bond donors (Lipinski definition) is 2. The van der Waals surface area contributed by atoms with Crippen LogP contribution in [0.1, 0.15) is 21.5 Å². The minimum absolute atomic E-state index is 0.188. The Morgan fingerprint density at radius 3 is 2.57 bits per heavy atom. The molecule has 2 N–H and O–H groups in total. The monoisotopic (exact) mass is 394 g/mol. The van der Waals surface area contributed by atoms with E-state index in [0.29, 0.717) is 17.8 Å². The Morgan fingerprint density at radius 1 is 1.11 bits per heavy atom. The number of para-hydroxylation sites is 1. The number of aryl methyl sites for hydroxylation is 2. The van der Waals surface area contributed by atoms with Crippen LogP contribution < -0.4 is 10.6 Å². The number of nitrogens with zero attached hydrogens (tertiary/aromatic N) is 2. The second-order valence-electron chi connectivity index (χ2n) is 6.37. The third-order valence-electron chi connectivity index (χ3n) is 4.13. The molecule has 0 aliphatic heterocycles. The Labute approximate surface area is 168 Å². The van der Waals surface area contributed by atoms with Gasteiger partial charge in [0.05, 0.1) is 17.0 Å². The zero-order valence-corrected chi connectivity index (χ0v) is 16.6. The molecule has 0 aliphatic carbocycles. The van der Waals surface area contributed by atoms with Crippen LogP contribution in [-0.2, 0) is 18.4 Å². The molecule has 2 aromatic carbocycles. The molecule has 1 heterocycles. The summed E-state index contributed by atoms with van der Waals surface area (Å²) < 4.78 is 1.85. The van der Waals surface area contributed by atoms with E-state index in [4.69, 9.17) is 0 Å². The van der Waals surface area contributed by atoms with E-state index in [-0.39, 0.29) is 17.6 Å². The number of amides is 2. The van der Waals surface area contributed by atoms with Gasteiger partial charge in [-0.25, -0.2) is 4.98 Å². The summed E-state index contributed by atoms with van der Waals surface area (Å²) in [7, 11) is 1.88. The van der Waals surface area contributed by atoms with E-state index in [9.17, 15) is 9.59 Å². The molecule has 0 saturated carbocycles. The van der Waals surface area contributed by atoms with Crippen molar-refractivity contribution in [3.8, 4) is 0 Å². The van der Waals surface area contributed by atoms with Crippen LogP contribution in [0.2, 0.25) is 0 Å². The highest BCUT2D eigenvalue weighted by molar-refractivity contribution is 7.99. The third-order valence-corrected chi connectivity index (χ3v) is 5.19. The number of carbonyl (C=O) groups excluding carboxylic acids is 2. The second kappa shape index (κ2) is 9.23. The molecule has 0 unspecified atom stereocenters. The molecule has 0 radical (unpaired) electrons. The lowest BCUT2D eigenvalue weighted by Gasteiger charge is -2.11. The van der Waals surface area contributed by atoms with Crippen molar-refractivity contribution >= 4 is 29.3 Å². The van der Waals surface area contributed by atoms with Gasteiger partial charge >= 0.3 is 0 Å². The summed E-state index contributed by atoms with van der Waals surface area (Å²) in [4.78, 5) is 29.1. The number of nitrogens with one attached hydrogen (secondary N) is 2. The molecule has 3 rings (SSSR count). The second-order valence-corrected chi connectivity index (χ2v) is 7.31. The van der Waals surface area contributed by atoms with Gasteiger partial charge in [-0.05, 0) is 24.6 Å². The van der Waals surface area contributed by atoms with Crippen LogP contribution in [0, 0.1) is 6.92 Å². The van der Waals surface area contributed by atoms with Gasteiger partial charge < -0.3 is 15.2 Å². The van der Waals surface area contributed by atoms with E-state index in [0.717, 1.165) is 10.7 Å². The summed E-state index contributed by atoms with van der Waals surface area (Å²) >= 11 is 1.34. The first-order chi connectivity index (χ1) is 13.5. The summed E-state index contributed by atoms with van der Waals surface area (Å²) in [5.74, 6) is -0.204. The van der Waals surface area contributed by atoms with Gasteiger partial charge in [-0.15, -0.1) is 0 Å². The van der Waals surface area contributed by atoms with Crippen LogP contribution in [0.5, 0.6) is 0 Å². The van der Waals surface area contributed by atoms with E-state index in [1.807, 2.05) is 49.0 Å². The third kappa shape index (κ3) is 5.23.